The largest absolute Gasteiger partial charge is 0.478 e. The molecule has 3 rings (SSSR count). The van der Waals surface area contributed by atoms with E-state index in [9.17, 15) is 14.1 Å². The summed E-state index contributed by atoms with van der Waals surface area (Å²) in [5, 5.41) is 10.0. The molecule has 122 valence electrons. The molecule has 4 nitrogen and oxygen atoms in total. The Morgan fingerprint density at radius 2 is 1.79 bits per heavy atom. The number of carboxylic acid groups (broad SMARTS) is 1. The first kappa shape index (κ1) is 16.2. The summed E-state index contributed by atoms with van der Waals surface area (Å²) in [6.07, 6.45) is 1.53. The molecule has 0 bridgehead atoms. The van der Waals surface area contributed by atoms with E-state index in [0.717, 1.165) is 11.1 Å². The number of aryl methyl sites for hydroxylation is 1. The second-order valence-corrected chi connectivity index (χ2v) is 8.39. The third-order valence-electron chi connectivity index (χ3n) is 3.86. The molecule has 1 unspecified atom stereocenters. The van der Waals surface area contributed by atoms with Crippen LogP contribution in [-0.4, -0.2) is 32.4 Å². The predicted molar refractivity (Wildman–Crippen MR) is 98.3 cm³/mol. The summed E-state index contributed by atoms with van der Waals surface area (Å²) in [6, 6.07) is 14.3. The van der Waals surface area contributed by atoms with Crippen molar-refractivity contribution in [1.82, 2.24) is 4.98 Å². The van der Waals surface area contributed by atoms with Gasteiger partial charge in [0.25, 0.3) is 0 Å². The highest BCUT2D eigenvalue weighted by Crippen LogP contribution is 2.27. The number of nitrogens with zero attached hydrogens (tertiary/aromatic N) is 1. The topological polar surface area (TPSA) is 67.3 Å². The Labute approximate surface area is 140 Å². The lowest BCUT2D eigenvalue weighted by atomic mass is 10.0. The number of fused-ring (bicyclic) bond motifs is 1. The zero-order valence-electron chi connectivity index (χ0n) is 13.4. The van der Waals surface area contributed by atoms with Gasteiger partial charge in [-0.15, -0.1) is 0 Å². The molecule has 0 aliphatic carbocycles. The molecule has 24 heavy (non-hydrogen) atoms. The van der Waals surface area contributed by atoms with Crippen molar-refractivity contribution in [3.63, 3.8) is 0 Å². The number of carboxylic acids is 1. The summed E-state index contributed by atoms with van der Waals surface area (Å²) < 4.78 is 12.2. The van der Waals surface area contributed by atoms with Crippen molar-refractivity contribution in [3.05, 3.63) is 59.7 Å². The molecule has 0 radical (unpaired) electrons. The van der Waals surface area contributed by atoms with Crippen molar-refractivity contribution in [2.45, 2.75) is 11.8 Å². The Morgan fingerprint density at radius 1 is 1.12 bits per heavy atom. The summed E-state index contributed by atoms with van der Waals surface area (Å²) in [4.78, 5) is 16.8. The van der Waals surface area contributed by atoms with Crippen LogP contribution >= 0.6 is 0 Å². The van der Waals surface area contributed by atoms with Gasteiger partial charge in [-0.3, -0.25) is 4.21 Å². The fourth-order valence-electron chi connectivity index (χ4n) is 2.52. The minimum atomic E-state index is -2.42. The van der Waals surface area contributed by atoms with Gasteiger partial charge in [0.05, 0.1) is 16.8 Å². The lowest BCUT2D eigenvalue weighted by Gasteiger charge is -2.10. The van der Waals surface area contributed by atoms with Gasteiger partial charge in [-0.2, -0.15) is 0 Å². The third kappa shape index (κ3) is 3.03. The van der Waals surface area contributed by atoms with Crippen molar-refractivity contribution >= 4 is 32.3 Å². The number of benzene rings is 2. The Bertz CT molecular complexity index is 1050. The Morgan fingerprint density at radius 3 is 2.38 bits per heavy atom. The van der Waals surface area contributed by atoms with Crippen LogP contribution in [0.3, 0.4) is 0 Å². The Hall–Kier alpha value is -2.66. The van der Waals surface area contributed by atoms with Crippen molar-refractivity contribution in [3.8, 4) is 11.3 Å². The minimum absolute atomic E-state index is 0.140. The van der Waals surface area contributed by atoms with E-state index >= 15 is 0 Å². The lowest BCUT2D eigenvalue weighted by molar-refractivity contribution is 0.0699. The standard InChI is InChI=1S/C19H17NO3S/c1-12-4-6-13(7-5-12)18-11-16(19(21)22)15-10-14(24(2,3)23)8-9-17(15)20-18/h4-11H,2H2,1,3H3,(H,21,22). The number of aromatic carboxylic acids is 1. The molecule has 5 heteroatoms. The molecule has 0 amide bonds. The van der Waals surface area contributed by atoms with Gasteiger partial charge in [0.15, 0.2) is 0 Å². The molecule has 0 saturated heterocycles. The molecule has 0 aliphatic heterocycles. The molecule has 1 heterocycles. The quantitative estimate of drug-likeness (QED) is 0.740. The first-order chi connectivity index (χ1) is 11.3. The monoisotopic (exact) mass is 339 g/mol. The van der Waals surface area contributed by atoms with E-state index < -0.39 is 15.5 Å². The van der Waals surface area contributed by atoms with E-state index in [0.29, 0.717) is 21.5 Å². The molecular formula is C19H17NO3S. The van der Waals surface area contributed by atoms with E-state index in [1.807, 2.05) is 31.2 Å². The number of carbonyl (C=O) groups is 1. The SMILES string of the molecule is C=S(C)(=O)c1ccc2nc(-c3ccc(C)cc3)cc(C(=O)O)c2c1. The second kappa shape index (κ2) is 5.76. The van der Waals surface area contributed by atoms with E-state index in [4.69, 9.17) is 0 Å². The van der Waals surface area contributed by atoms with Gasteiger partial charge < -0.3 is 5.11 Å². The summed E-state index contributed by atoms with van der Waals surface area (Å²) in [5.41, 5.74) is 3.26. The zero-order valence-corrected chi connectivity index (χ0v) is 14.3. The molecule has 1 aromatic heterocycles. The number of hydrogen-bond donors (Lipinski definition) is 1. The second-order valence-electron chi connectivity index (χ2n) is 5.91. The van der Waals surface area contributed by atoms with E-state index in [-0.39, 0.29) is 5.56 Å². The van der Waals surface area contributed by atoms with Gasteiger partial charge in [-0.1, -0.05) is 29.8 Å². The van der Waals surface area contributed by atoms with Gasteiger partial charge in [-0.05, 0) is 46.6 Å². The first-order valence-electron chi connectivity index (χ1n) is 7.33. The first-order valence-corrected chi connectivity index (χ1v) is 9.46. The van der Waals surface area contributed by atoms with Crippen LogP contribution in [0.2, 0.25) is 0 Å². The van der Waals surface area contributed by atoms with Gasteiger partial charge in [0, 0.05) is 22.1 Å². The van der Waals surface area contributed by atoms with Gasteiger partial charge in [0.1, 0.15) is 0 Å². The van der Waals surface area contributed by atoms with Crippen molar-refractivity contribution in [1.29, 1.82) is 0 Å². The smallest absolute Gasteiger partial charge is 0.336 e. The molecule has 0 spiro atoms. The predicted octanol–water partition coefficient (Wildman–Crippen LogP) is 3.61. The normalized spacial score (nSPS) is 13.6. The third-order valence-corrected chi connectivity index (χ3v) is 5.11. The van der Waals surface area contributed by atoms with Crippen LogP contribution in [0.1, 0.15) is 15.9 Å². The zero-order chi connectivity index (χ0) is 17.5. The van der Waals surface area contributed by atoms with Crippen molar-refractivity contribution in [2.75, 3.05) is 6.26 Å². The Balaban J connectivity index is 2.29. The van der Waals surface area contributed by atoms with Crippen LogP contribution in [0.15, 0.2) is 53.4 Å². The Kier molecular flexibility index (Phi) is 3.89. The highest BCUT2D eigenvalue weighted by molar-refractivity contribution is 7.99. The molecule has 2 aromatic carbocycles. The maximum absolute atomic E-state index is 12.2. The summed E-state index contributed by atoms with van der Waals surface area (Å²) in [5.74, 6) is 2.61. The highest BCUT2D eigenvalue weighted by atomic mass is 32.2. The van der Waals surface area contributed by atoms with Crippen LogP contribution in [-0.2, 0) is 9.52 Å². The van der Waals surface area contributed by atoms with Crippen molar-refractivity contribution < 1.29 is 14.1 Å². The summed E-state index contributed by atoms with van der Waals surface area (Å²) in [6.45, 7) is 1.99. The lowest BCUT2D eigenvalue weighted by Crippen LogP contribution is -2.02. The van der Waals surface area contributed by atoms with E-state index in [1.54, 1.807) is 24.3 Å². The molecule has 1 N–H and O–H groups in total. The highest BCUT2D eigenvalue weighted by Gasteiger charge is 2.14. The summed E-state index contributed by atoms with van der Waals surface area (Å²) >= 11 is 0. The van der Waals surface area contributed by atoms with Gasteiger partial charge in [-0.25, -0.2) is 9.78 Å². The van der Waals surface area contributed by atoms with Crippen LogP contribution in [0.4, 0.5) is 0 Å². The van der Waals surface area contributed by atoms with Gasteiger partial charge >= 0.3 is 5.97 Å². The maximum atomic E-state index is 12.2. The van der Waals surface area contributed by atoms with Crippen LogP contribution < -0.4 is 0 Å². The van der Waals surface area contributed by atoms with Crippen LogP contribution in [0.5, 0.6) is 0 Å². The van der Waals surface area contributed by atoms with E-state index in [2.05, 4.69) is 10.9 Å². The van der Waals surface area contributed by atoms with Crippen LogP contribution in [0, 0.1) is 6.92 Å². The molecular weight excluding hydrogens is 322 g/mol. The van der Waals surface area contributed by atoms with Crippen molar-refractivity contribution in [2.24, 2.45) is 0 Å². The minimum Gasteiger partial charge on any atom is -0.478 e. The molecule has 0 saturated carbocycles. The summed E-state index contributed by atoms with van der Waals surface area (Å²) in [7, 11) is -2.42. The molecule has 0 aliphatic rings. The van der Waals surface area contributed by atoms with Gasteiger partial charge in [0.2, 0.25) is 0 Å². The number of aromatic nitrogens is 1. The molecule has 0 fully saturated rings. The van der Waals surface area contributed by atoms with Crippen LogP contribution in [0.25, 0.3) is 22.2 Å². The van der Waals surface area contributed by atoms with E-state index in [1.165, 1.54) is 6.26 Å². The number of rotatable bonds is 3. The average molecular weight is 339 g/mol. The fourth-order valence-corrected chi connectivity index (χ4v) is 3.25. The number of hydrogen-bond acceptors (Lipinski definition) is 3. The average Bonchev–Trinajstić information content (AvgIpc) is 2.53. The molecule has 3 aromatic rings. The maximum Gasteiger partial charge on any atom is 0.336 e. The fraction of sp³-hybridized carbons (Fsp3) is 0.105. The number of pyridine rings is 1. The molecule has 1 atom stereocenters.